The second kappa shape index (κ2) is 7.70. The van der Waals surface area contributed by atoms with Crippen LogP contribution in [0.3, 0.4) is 0 Å². The molecule has 6 nitrogen and oxygen atoms in total. The fourth-order valence-electron chi connectivity index (χ4n) is 6.56. The average Bonchev–Trinajstić information content (AvgIpc) is 3.34. The number of fused-ring (bicyclic) bond motifs is 3. The number of carbonyl (C=O) groups excluding carboxylic acids is 1. The van der Waals surface area contributed by atoms with Gasteiger partial charge in [0, 0.05) is 52.4 Å². The molecule has 4 atom stereocenters. The minimum absolute atomic E-state index is 0.0410. The van der Waals surface area contributed by atoms with Gasteiger partial charge in [0.2, 0.25) is 5.91 Å². The second-order valence-electron chi connectivity index (χ2n) is 9.75. The first-order chi connectivity index (χ1) is 15.9. The van der Waals surface area contributed by atoms with Crippen LogP contribution >= 0.6 is 23.2 Å². The molecule has 2 N–H and O–H groups in total. The van der Waals surface area contributed by atoms with Gasteiger partial charge < -0.3 is 10.4 Å². The first-order valence-corrected chi connectivity index (χ1v) is 12.2. The van der Waals surface area contributed by atoms with E-state index in [1.807, 2.05) is 42.5 Å². The molecule has 0 radical (unpaired) electrons. The summed E-state index contributed by atoms with van der Waals surface area (Å²) in [5.74, 6) is -0.601. The molecule has 3 fully saturated rings. The van der Waals surface area contributed by atoms with E-state index in [9.17, 15) is 14.7 Å². The molecule has 2 aromatic rings. The van der Waals surface area contributed by atoms with Crippen molar-refractivity contribution in [3.8, 4) is 0 Å². The molecule has 1 amide bonds. The summed E-state index contributed by atoms with van der Waals surface area (Å²) in [5, 5.41) is 13.9. The summed E-state index contributed by atoms with van der Waals surface area (Å²) >= 11 is 12.7. The van der Waals surface area contributed by atoms with Crippen molar-refractivity contribution >= 4 is 40.8 Å². The number of hydrogen-bond donors (Lipinski definition) is 2. The van der Waals surface area contributed by atoms with Crippen LogP contribution in [0.4, 0.5) is 5.69 Å². The number of halogens is 2. The van der Waals surface area contributed by atoms with Gasteiger partial charge in [-0.25, -0.2) is 0 Å². The van der Waals surface area contributed by atoms with Gasteiger partial charge in [-0.1, -0.05) is 41.4 Å². The Balaban J connectivity index is 1.59. The van der Waals surface area contributed by atoms with Crippen LogP contribution in [0, 0.1) is 5.92 Å². The van der Waals surface area contributed by atoms with Gasteiger partial charge in [0.1, 0.15) is 5.54 Å². The number of rotatable bonds is 5. The lowest BCUT2D eigenvalue weighted by Gasteiger charge is -2.41. The number of likely N-dealkylation sites (tertiary alicyclic amines) is 2. The van der Waals surface area contributed by atoms with E-state index in [2.05, 4.69) is 15.1 Å². The smallest absolute Gasteiger partial charge is 0.317 e. The molecule has 8 heteroatoms. The molecule has 0 unspecified atom stereocenters. The molecule has 2 aromatic carbocycles. The Morgan fingerprint density at radius 1 is 1.12 bits per heavy atom. The Bertz CT molecular complexity index is 1150. The zero-order valence-electron chi connectivity index (χ0n) is 18.0. The lowest BCUT2D eigenvalue weighted by molar-refractivity contribution is -0.138. The third-order valence-electron chi connectivity index (χ3n) is 7.86. The number of anilines is 1. The van der Waals surface area contributed by atoms with Crippen molar-refractivity contribution < 1.29 is 14.7 Å². The summed E-state index contributed by atoms with van der Waals surface area (Å²) in [6.07, 6.45) is 3.17. The quantitative estimate of drug-likeness (QED) is 0.664. The number of benzene rings is 2. The van der Waals surface area contributed by atoms with E-state index in [1.54, 1.807) is 0 Å². The van der Waals surface area contributed by atoms with E-state index < -0.39 is 11.5 Å². The van der Waals surface area contributed by atoms with Crippen molar-refractivity contribution in [2.75, 3.05) is 25.0 Å². The Hall–Kier alpha value is -2.12. The highest BCUT2D eigenvalue weighted by Crippen LogP contribution is 2.61. The van der Waals surface area contributed by atoms with Crippen molar-refractivity contribution in [2.24, 2.45) is 5.92 Å². The monoisotopic (exact) mass is 485 g/mol. The fourth-order valence-corrected chi connectivity index (χ4v) is 6.93. The third kappa shape index (κ3) is 3.22. The molecule has 1 saturated carbocycles. The molecule has 2 saturated heterocycles. The van der Waals surface area contributed by atoms with Gasteiger partial charge >= 0.3 is 5.97 Å². The summed E-state index contributed by atoms with van der Waals surface area (Å²) in [7, 11) is 0. The molecular weight excluding hydrogens is 461 g/mol. The fraction of sp³-hybridized carbons (Fsp3) is 0.440. The van der Waals surface area contributed by atoms with Crippen molar-refractivity contribution in [1.29, 1.82) is 0 Å². The van der Waals surface area contributed by atoms with Crippen LogP contribution in [-0.4, -0.2) is 58.5 Å². The molecule has 6 rings (SSSR count). The highest BCUT2D eigenvalue weighted by atomic mass is 35.5. The molecule has 3 heterocycles. The molecule has 0 aromatic heterocycles. The van der Waals surface area contributed by atoms with Crippen molar-refractivity contribution in [3.05, 3.63) is 63.6 Å². The van der Waals surface area contributed by atoms with Crippen molar-refractivity contribution in [2.45, 2.75) is 42.8 Å². The van der Waals surface area contributed by atoms with Crippen LogP contribution in [0.2, 0.25) is 10.0 Å². The molecular formula is C25H25Cl2N3O3. The first kappa shape index (κ1) is 21.4. The molecule has 4 aliphatic rings. The summed E-state index contributed by atoms with van der Waals surface area (Å²) in [6.45, 7) is 1.49. The van der Waals surface area contributed by atoms with Crippen LogP contribution in [-0.2, 0) is 15.1 Å². The molecule has 1 spiro atoms. The highest BCUT2D eigenvalue weighted by Gasteiger charge is 2.69. The van der Waals surface area contributed by atoms with Gasteiger partial charge in [0.05, 0.1) is 6.54 Å². The van der Waals surface area contributed by atoms with Gasteiger partial charge in [-0.15, -0.1) is 0 Å². The van der Waals surface area contributed by atoms with E-state index in [4.69, 9.17) is 23.2 Å². The number of nitrogens with zero attached hydrogens (tertiary/aromatic N) is 2. The summed E-state index contributed by atoms with van der Waals surface area (Å²) in [5.41, 5.74) is 1.70. The largest absolute Gasteiger partial charge is 0.480 e. The predicted molar refractivity (Wildman–Crippen MR) is 127 cm³/mol. The normalized spacial score (nSPS) is 31.1. The van der Waals surface area contributed by atoms with Crippen LogP contribution in [0.5, 0.6) is 0 Å². The molecule has 3 aliphatic heterocycles. The maximum atomic E-state index is 14.0. The first-order valence-electron chi connectivity index (χ1n) is 11.5. The molecule has 172 valence electrons. The maximum absolute atomic E-state index is 14.0. The van der Waals surface area contributed by atoms with E-state index in [0.29, 0.717) is 22.5 Å². The Kier molecular flexibility index (Phi) is 5.00. The highest BCUT2D eigenvalue weighted by molar-refractivity contribution is 6.31. The molecule has 0 bridgehead atoms. The van der Waals surface area contributed by atoms with Gasteiger partial charge in [-0.2, -0.15) is 0 Å². The van der Waals surface area contributed by atoms with Gasteiger partial charge in [0.25, 0.3) is 0 Å². The average molecular weight is 486 g/mol. The summed E-state index contributed by atoms with van der Waals surface area (Å²) in [6, 6.07) is 13.3. The minimum Gasteiger partial charge on any atom is -0.480 e. The predicted octanol–water partition coefficient (Wildman–Crippen LogP) is 4.18. The van der Waals surface area contributed by atoms with Crippen LogP contribution in [0.15, 0.2) is 42.5 Å². The van der Waals surface area contributed by atoms with E-state index in [-0.39, 0.29) is 30.5 Å². The number of carbonyl (C=O) groups is 2. The van der Waals surface area contributed by atoms with Crippen LogP contribution in [0.1, 0.15) is 36.3 Å². The number of hydrogen-bond acceptors (Lipinski definition) is 4. The number of amides is 1. The van der Waals surface area contributed by atoms with E-state index in [1.165, 1.54) is 12.8 Å². The standard InChI is InChI=1S/C25H25Cl2N3O3/c26-16-3-1-2-15(10-16)22-23-20(8-9-29(23)13-21(31)32)30(12-14-4-5-14)25(22)18-7-6-17(27)11-19(18)28-24(25)33/h1-3,6-7,10-11,14,20,22-23H,4-5,8-9,12-13H2,(H,28,33)(H,31,32)/t20-,22-,23+,25+/m0/s1. The second-order valence-corrected chi connectivity index (χ2v) is 10.6. The lowest BCUT2D eigenvalue weighted by Crippen LogP contribution is -2.53. The Morgan fingerprint density at radius 3 is 2.64 bits per heavy atom. The third-order valence-corrected chi connectivity index (χ3v) is 8.33. The van der Waals surface area contributed by atoms with Crippen molar-refractivity contribution in [1.82, 2.24) is 9.80 Å². The summed E-state index contributed by atoms with van der Waals surface area (Å²) < 4.78 is 0. The number of nitrogens with one attached hydrogen (secondary N) is 1. The van der Waals surface area contributed by atoms with Gasteiger partial charge in [-0.05, 0) is 55.0 Å². The molecule has 1 aliphatic carbocycles. The number of carboxylic acids is 1. The van der Waals surface area contributed by atoms with E-state index >= 15 is 0 Å². The Morgan fingerprint density at radius 2 is 1.91 bits per heavy atom. The topological polar surface area (TPSA) is 72.9 Å². The number of carboxylic acid groups (broad SMARTS) is 1. The van der Waals surface area contributed by atoms with Gasteiger partial charge in [-0.3, -0.25) is 19.4 Å². The lowest BCUT2D eigenvalue weighted by atomic mass is 9.73. The maximum Gasteiger partial charge on any atom is 0.317 e. The molecule has 33 heavy (non-hydrogen) atoms. The summed E-state index contributed by atoms with van der Waals surface area (Å²) in [4.78, 5) is 30.2. The SMILES string of the molecule is O=C(O)CN1CC[C@H]2[C@@H]1[C@H](c1cccc(Cl)c1)[C@]1(C(=O)Nc3cc(Cl)ccc31)N2CC1CC1. The van der Waals surface area contributed by atoms with Crippen molar-refractivity contribution in [3.63, 3.8) is 0 Å². The van der Waals surface area contributed by atoms with Crippen LogP contribution < -0.4 is 5.32 Å². The van der Waals surface area contributed by atoms with E-state index in [0.717, 1.165) is 29.8 Å². The van der Waals surface area contributed by atoms with Gasteiger partial charge in [0.15, 0.2) is 0 Å². The van der Waals surface area contributed by atoms with Crippen LogP contribution in [0.25, 0.3) is 0 Å². The zero-order valence-corrected chi connectivity index (χ0v) is 19.5. The zero-order chi connectivity index (χ0) is 22.9. The minimum atomic E-state index is -0.931. The number of aliphatic carboxylic acids is 1. The Labute approximate surface area is 202 Å².